The van der Waals surface area contributed by atoms with E-state index in [0.717, 1.165) is 59.2 Å². The van der Waals surface area contributed by atoms with Crippen molar-refractivity contribution in [3.63, 3.8) is 0 Å². The molecule has 0 N–H and O–H groups in total. The van der Waals surface area contributed by atoms with E-state index in [-0.39, 0.29) is 0 Å². The number of rotatable bonds is 6. The first-order valence-corrected chi connectivity index (χ1v) is 10.4. The predicted octanol–water partition coefficient (Wildman–Crippen LogP) is 4.16. The highest BCUT2D eigenvalue weighted by molar-refractivity contribution is 9.10. The summed E-state index contributed by atoms with van der Waals surface area (Å²) in [5, 5.41) is 4.76. The molecule has 0 bridgehead atoms. The van der Waals surface area contributed by atoms with Crippen molar-refractivity contribution in [2.45, 2.75) is 0 Å². The Hall–Kier alpha value is -2.71. The van der Waals surface area contributed by atoms with Gasteiger partial charge < -0.3 is 23.8 Å². The van der Waals surface area contributed by atoms with Crippen LogP contribution in [0, 0.1) is 0 Å². The van der Waals surface area contributed by atoms with E-state index in [9.17, 15) is 0 Å². The summed E-state index contributed by atoms with van der Waals surface area (Å²) >= 11 is 3.50. The molecule has 0 amide bonds. The lowest BCUT2D eigenvalue weighted by molar-refractivity contribution is 0.122. The van der Waals surface area contributed by atoms with Crippen molar-refractivity contribution < 1.29 is 18.9 Å². The fourth-order valence-corrected chi connectivity index (χ4v) is 4.06. The van der Waals surface area contributed by atoms with Gasteiger partial charge in [-0.2, -0.15) is 5.10 Å². The zero-order valence-electron chi connectivity index (χ0n) is 17.2. The van der Waals surface area contributed by atoms with E-state index in [0.29, 0.717) is 11.5 Å². The third-order valence-electron chi connectivity index (χ3n) is 5.12. The van der Waals surface area contributed by atoms with Gasteiger partial charge in [-0.3, -0.25) is 0 Å². The Kier molecular flexibility index (Phi) is 6.15. The molecule has 8 heteroatoms. The standard InChI is InChI=1S/C22H24BrN3O4/c1-27-19-14-16(25-8-10-30-11-9-25)4-5-18(19)26-7-6-17(24-26)15-12-20(28-2)22(23)21(13-15)29-3/h4-7,12-14H,8-11H2,1-3H3. The van der Waals surface area contributed by atoms with Gasteiger partial charge in [-0.05, 0) is 46.3 Å². The summed E-state index contributed by atoms with van der Waals surface area (Å²) < 4.78 is 24.6. The molecule has 0 radical (unpaired) electrons. The van der Waals surface area contributed by atoms with Gasteiger partial charge in [0.2, 0.25) is 0 Å². The van der Waals surface area contributed by atoms with Crippen molar-refractivity contribution in [2.24, 2.45) is 0 Å². The van der Waals surface area contributed by atoms with Crippen LogP contribution in [0.4, 0.5) is 5.69 Å². The molecule has 1 aliphatic rings. The van der Waals surface area contributed by atoms with Crippen molar-refractivity contribution in [2.75, 3.05) is 52.5 Å². The maximum absolute atomic E-state index is 5.67. The van der Waals surface area contributed by atoms with Gasteiger partial charge in [0.25, 0.3) is 0 Å². The molecule has 1 aliphatic heterocycles. The second-order valence-corrected chi connectivity index (χ2v) is 7.59. The lowest BCUT2D eigenvalue weighted by Crippen LogP contribution is -2.36. The average molecular weight is 474 g/mol. The van der Waals surface area contributed by atoms with Crippen molar-refractivity contribution in [1.29, 1.82) is 0 Å². The molecule has 3 aromatic rings. The molecule has 0 atom stereocenters. The fourth-order valence-electron chi connectivity index (χ4n) is 3.50. The third-order valence-corrected chi connectivity index (χ3v) is 5.90. The van der Waals surface area contributed by atoms with Crippen LogP contribution in [0.1, 0.15) is 0 Å². The van der Waals surface area contributed by atoms with Gasteiger partial charge in [0.05, 0.1) is 40.2 Å². The van der Waals surface area contributed by atoms with Crippen molar-refractivity contribution in [3.05, 3.63) is 47.1 Å². The molecular formula is C22H24BrN3O4. The number of aromatic nitrogens is 2. The summed E-state index contributed by atoms with van der Waals surface area (Å²) in [6.07, 6.45) is 1.92. The zero-order valence-corrected chi connectivity index (χ0v) is 18.8. The topological polar surface area (TPSA) is 58.0 Å². The average Bonchev–Trinajstić information content (AvgIpc) is 3.29. The first-order valence-electron chi connectivity index (χ1n) is 9.63. The van der Waals surface area contributed by atoms with Crippen LogP contribution in [0.25, 0.3) is 16.9 Å². The van der Waals surface area contributed by atoms with E-state index < -0.39 is 0 Å². The van der Waals surface area contributed by atoms with Gasteiger partial charge >= 0.3 is 0 Å². The summed E-state index contributed by atoms with van der Waals surface area (Å²) in [7, 11) is 4.93. The molecule has 1 fully saturated rings. The van der Waals surface area contributed by atoms with Crippen LogP contribution >= 0.6 is 15.9 Å². The van der Waals surface area contributed by atoms with Gasteiger partial charge in [-0.1, -0.05) is 0 Å². The largest absolute Gasteiger partial charge is 0.495 e. The molecule has 0 unspecified atom stereocenters. The Morgan fingerprint density at radius 2 is 1.57 bits per heavy atom. The number of halogens is 1. The van der Waals surface area contributed by atoms with E-state index in [1.54, 1.807) is 21.3 Å². The van der Waals surface area contributed by atoms with Gasteiger partial charge in [-0.15, -0.1) is 0 Å². The highest BCUT2D eigenvalue weighted by Gasteiger charge is 2.16. The lowest BCUT2D eigenvalue weighted by Gasteiger charge is -2.29. The zero-order chi connectivity index (χ0) is 21.1. The number of hydrogen-bond donors (Lipinski definition) is 0. The molecule has 1 saturated heterocycles. The number of hydrogen-bond acceptors (Lipinski definition) is 6. The molecule has 1 aromatic heterocycles. The Bertz CT molecular complexity index is 1010. The molecular weight excluding hydrogens is 450 g/mol. The maximum atomic E-state index is 5.67. The first-order chi connectivity index (χ1) is 14.6. The van der Waals surface area contributed by atoms with Gasteiger partial charge in [0.1, 0.15) is 27.4 Å². The molecule has 0 spiro atoms. The van der Waals surface area contributed by atoms with Crippen LogP contribution in [0.15, 0.2) is 47.1 Å². The smallest absolute Gasteiger partial charge is 0.146 e. The number of ether oxygens (including phenoxy) is 4. The second kappa shape index (κ2) is 8.97. The number of morpholine rings is 1. The predicted molar refractivity (Wildman–Crippen MR) is 119 cm³/mol. The maximum Gasteiger partial charge on any atom is 0.146 e. The number of nitrogens with zero attached hydrogens (tertiary/aromatic N) is 3. The molecule has 2 heterocycles. The minimum Gasteiger partial charge on any atom is -0.495 e. The first kappa shape index (κ1) is 20.6. The van der Waals surface area contributed by atoms with Gasteiger partial charge in [0.15, 0.2) is 0 Å². The Balaban J connectivity index is 1.67. The summed E-state index contributed by atoms with van der Waals surface area (Å²) in [4.78, 5) is 2.30. The number of methoxy groups -OCH3 is 3. The normalized spacial score (nSPS) is 13.9. The Morgan fingerprint density at radius 1 is 0.900 bits per heavy atom. The third kappa shape index (κ3) is 3.97. The van der Waals surface area contributed by atoms with Gasteiger partial charge in [-0.25, -0.2) is 4.68 Å². The van der Waals surface area contributed by atoms with E-state index >= 15 is 0 Å². The number of benzene rings is 2. The number of anilines is 1. The summed E-state index contributed by atoms with van der Waals surface area (Å²) in [6.45, 7) is 3.24. The minimum absolute atomic E-state index is 0.686. The monoisotopic (exact) mass is 473 g/mol. The van der Waals surface area contributed by atoms with Crippen molar-refractivity contribution in [1.82, 2.24) is 9.78 Å². The van der Waals surface area contributed by atoms with Crippen LogP contribution in [0.2, 0.25) is 0 Å². The van der Waals surface area contributed by atoms with E-state index in [2.05, 4.69) is 26.9 Å². The quantitative estimate of drug-likeness (QED) is 0.535. The van der Waals surface area contributed by atoms with Gasteiger partial charge in [0, 0.05) is 36.6 Å². The molecule has 4 rings (SSSR count). The Morgan fingerprint density at radius 3 is 2.20 bits per heavy atom. The van der Waals surface area contributed by atoms with Crippen LogP contribution in [-0.4, -0.2) is 57.4 Å². The van der Waals surface area contributed by atoms with Crippen molar-refractivity contribution in [3.8, 4) is 34.2 Å². The van der Waals surface area contributed by atoms with Crippen LogP contribution in [-0.2, 0) is 4.74 Å². The second-order valence-electron chi connectivity index (χ2n) is 6.80. The highest BCUT2D eigenvalue weighted by atomic mass is 79.9. The fraction of sp³-hybridized carbons (Fsp3) is 0.318. The molecule has 2 aromatic carbocycles. The van der Waals surface area contributed by atoms with E-state index in [4.69, 9.17) is 24.0 Å². The van der Waals surface area contributed by atoms with Crippen LogP contribution in [0.5, 0.6) is 17.2 Å². The van der Waals surface area contributed by atoms with Crippen LogP contribution < -0.4 is 19.1 Å². The minimum atomic E-state index is 0.686. The molecule has 0 saturated carbocycles. The lowest BCUT2D eigenvalue weighted by atomic mass is 10.1. The molecule has 0 aliphatic carbocycles. The van der Waals surface area contributed by atoms with Crippen molar-refractivity contribution >= 4 is 21.6 Å². The highest BCUT2D eigenvalue weighted by Crippen LogP contribution is 2.39. The molecule has 158 valence electrons. The summed E-state index contributed by atoms with van der Waals surface area (Å²) in [6, 6.07) is 12.0. The summed E-state index contributed by atoms with van der Waals surface area (Å²) in [5.74, 6) is 2.14. The SMILES string of the molecule is COc1cc(N2CCOCC2)ccc1-n1ccc(-c2cc(OC)c(Br)c(OC)c2)n1. The summed E-state index contributed by atoms with van der Waals surface area (Å²) in [5.41, 5.74) is 3.69. The van der Waals surface area contributed by atoms with E-state index in [1.165, 1.54) is 0 Å². The van der Waals surface area contributed by atoms with Crippen LogP contribution in [0.3, 0.4) is 0 Å². The molecule has 30 heavy (non-hydrogen) atoms. The van der Waals surface area contributed by atoms with E-state index in [1.807, 2.05) is 41.2 Å². The molecule has 7 nitrogen and oxygen atoms in total. The Labute approximate surface area is 184 Å².